The molecule has 2 aromatic carbocycles. The van der Waals surface area contributed by atoms with E-state index in [1.807, 2.05) is 49.4 Å². The largest absolute Gasteiger partial charge is 0.377 e. The van der Waals surface area contributed by atoms with E-state index in [2.05, 4.69) is 34.6 Å². The Morgan fingerprint density at radius 1 is 1.13 bits per heavy atom. The van der Waals surface area contributed by atoms with E-state index in [0.29, 0.717) is 57.5 Å². The Hall–Kier alpha value is -3.53. The molecule has 2 N–H and O–H groups in total. The average molecular weight is 518 g/mol. The van der Waals surface area contributed by atoms with Crippen molar-refractivity contribution < 1.29 is 19.0 Å². The predicted molar refractivity (Wildman–Crippen MR) is 146 cm³/mol. The lowest BCUT2D eigenvalue weighted by atomic mass is 10.0. The summed E-state index contributed by atoms with van der Waals surface area (Å²) in [6.07, 6.45) is 0.579. The molecule has 2 aliphatic heterocycles. The number of hydrogen-bond acceptors (Lipinski definition) is 7. The number of fused-ring (bicyclic) bond motifs is 1. The Labute approximate surface area is 223 Å². The van der Waals surface area contributed by atoms with Crippen molar-refractivity contribution in [3.8, 4) is 11.4 Å². The lowest BCUT2D eigenvalue weighted by Crippen LogP contribution is -2.45. The first-order chi connectivity index (χ1) is 18.6. The smallest absolute Gasteiger partial charge is 0.319 e. The highest BCUT2D eigenvalue weighted by Gasteiger charge is 2.30. The summed E-state index contributed by atoms with van der Waals surface area (Å²) in [5, 5.41) is 5.57. The maximum absolute atomic E-state index is 11.9. The number of anilines is 2. The van der Waals surface area contributed by atoms with Crippen LogP contribution in [0.5, 0.6) is 0 Å². The first kappa shape index (κ1) is 26.1. The number of nitrogens with zero attached hydrogens (tertiary/aromatic N) is 3. The number of carbonyl (C=O) groups excluding carboxylic acids is 1. The summed E-state index contributed by atoms with van der Waals surface area (Å²) in [5.41, 5.74) is 4.77. The van der Waals surface area contributed by atoms with E-state index in [9.17, 15) is 4.79 Å². The van der Waals surface area contributed by atoms with Crippen LogP contribution >= 0.6 is 0 Å². The molecule has 2 amide bonds. The lowest BCUT2D eigenvalue weighted by Gasteiger charge is -2.37. The molecule has 3 heterocycles. The van der Waals surface area contributed by atoms with E-state index in [4.69, 9.17) is 24.2 Å². The molecule has 38 heavy (non-hydrogen) atoms. The molecular weight excluding hydrogens is 482 g/mol. The number of benzene rings is 2. The molecule has 0 bridgehead atoms. The molecule has 1 saturated heterocycles. The van der Waals surface area contributed by atoms with Gasteiger partial charge in [0.2, 0.25) is 0 Å². The summed E-state index contributed by atoms with van der Waals surface area (Å²) in [7, 11) is 0. The van der Waals surface area contributed by atoms with Gasteiger partial charge in [0.25, 0.3) is 0 Å². The van der Waals surface area contributed by atoms with Crippen molar-refractivity contribution in [1.82, 2.24) is 15.3 Å². The molecule has 200 valence electrons. The Balaban J connectivity index is 1.37. The summed E-state index contributed by atoms with van der Waals surface area (Å²) < 4.78 is 17.9. The van der Waals surface area contributed by atoms with E-state index in [0.717, 1.165) is 34.7 Å². The van der Waals surface area contributed by atoms with Crippen LogP contribution in [0.2, 0.25) is 0 Å². The van der Waals surface area contributed by atoms with Gasteiger partial charge in [-0.1, -0.05) is 30.3 Å². The van der Waals surface area contributed by atoms with Gasteiger partial charge in [0.05, 0.1) is 50.9 Å². The third kappa shape index (κ3) is 6.30. The molecule has 9 heteroatoms. The number of urea groups is 1. The van der Waals surface area contributed by atoms with Crippen molar-refractivity contribution in [2.45, 2.75) is 45.6 Å². The summed E-state index contributed by atoms with van der Waals surface area (Å²) in [4.78, 5) is 24.2. The van der Waals surface area contributed by atoms with Crippen molar-refractivity contribution in [2.24, 2.45) is 0 Å². The first-order valence-corrected chi connectivity index (χ1v) is 13.2. The molecule has 5 rings (SSSR count). The van der Waals surface area contributed by atoms with Gasteiger partial charge in [-0.25, -0.2) is 14.8 Å². The van der Waals surface area contributed by atoms with Crippen LogP contribution in [0.4, 0.5) is 16.3 Å². The van der Waals surface area contributed by atoms with Gasteiger partial charge in [-0.15, -0.1) is 0 Å². The summed E-state index contributed by atoms with van der Waals surface area (Å²) >= 11 is 0. The van der Waals surface area contributed by atoms with Crippen LogP contribution in [-0.2, 0) is 33.8 Å². The molecule has 0 saturated carbocycles. The number of nitrogens with one attached hydrogen (secondary N) is 2. The van der Waals surface area contributed by atoms with Gasteiger partial charge in [0.15, 0.2) is 5.82 Å². The number of amides is 2. The zero-order valence-corrected chi connectivity index (χ0v) is 22.0. The molecule has 0 radical (unpaired) electrons. The van der Waals surface area contributed by atoms with Crippen LogP contribution in [-0.4, -0.2) is 61.1 Å². The van der Waals surface area contributed by atoms with E-state index < -0.39 is 0 Å². The predicted octanol–water partition coefficient (Wildman–Crippen LogP) is 4.17. The summed E-state index contributed by atoms with van der Waals surface area (Å²) in [6.45, 7) is 8.19. The normalized spacial score (nSPS) is 19.1. The average Bonchev–Trinajstić information content (AvgIpc) is 2.94. The molecule has 1 fully saturated rings. The Morgan fingerprint density at radius 3 is 2.71 bits per heavy atom. The molecule has 3 aromatic rings. The van der Waals surface area contributed by atoms with Gasteiger partial charge in [0.1, 0.15) is 5.82 Å². The standard InChI is InChI=1S/C29H35N5O4/c1-3-30-29(35)31-23-11-9-22(10-12-23)27-32-26-15-24(18-37-17-21-7-5-4-6-8-21)38-19-25(26)28(33-27)34-13-14-36-16-20(34)2/h4-12,20,24H,3,13-19H2,1-2H3,(H2,30,31,35)/t20-,24?/m0/s1. The third-order valence-corrected chi connectivity index (χ3v) is 6.75. The highest BCUT2D eigenvalue weighted by molar-refractivity contribution is 5.89. The number of rotatable bonds is 8. The van der Waals surface area contributed by atoms with Crippen LogP contribution in [0.3, 0.4) is 0 Å². The SMILES string of the molecule is CCNC(=O)Nc1ccc(-c2nc3c(c(N4CCOC[C@@H]4C)n2)COC(COCc2ccccc2)C3)cc1. The molecule has 0 aliphatic carbocycles. The minimum absolute atomic E-state index is 0.0763. The van der Waals surface area contributed by atoms with Gasteiger partial charge >= 0.3 is 6.03 Å². The zero-order chi connectivity index (χ0) is 26.3. The van der Waals surface area contributed by atoms with Crippen LogP contribution in [0.1, 0.15) is 30.7 Å². The van der Waals surface area contributed by atoms with E-state index in [1.165, 1.54) is 0 Å². The van der Waals surface area contributed by atoms with Crippen molar-refractivity contribution in [1.29, 1.82) is 0 Å². The maximum Gasteiger partial charge on any atom is 0.319 e. The molecule has 1 aromatic heterocycles. The van der Waals surface area contributed by atoms with Crippen LogP contribution in [0, 0.1) is 0 Å². The topological polar surface area (TPSA) is 97.8 Å². The van der Waals surface area contributed by atoms with E-state index >= 15 is 0 Å². The van der Waals surface area contributed by atoms with Gasteiger partial charge in [-0.3, -0.25) is 0 Å². The molecule has 0 spiro atoms. The highest BCUT2D eigenvalue weighted by Crippen LogP contribution is 2.32. The highest BCUT2D eigenvalue weighted by atomic mass is 16.5. The fourth-order valence-corrected chi connectivity index (χ4v) is 4.75. The number of morpholine rings is 1. The van der Waals surface area contributed by atoms with Crippen LogP contribution < -0.4 is 15.5 Å². The second kappa shape index (κ2) is 12.3. The zero-order valence-electron chi connectivity index (χ0n) is 22.0. The lowest BCUT2D eigenvalue weighted by molar-refractivity contribution is -0.0377. The fraction of sp³-hybridized carbons (Fsp3) is 0.414. The molecule has 9 nitrogen and oxygen atoms in total. The third-order valence-electron chi connectivity index (χ3n) is 6.75. The summed E-state index contributed by atoms with van der Waals surface area (Å²) in [5.74, 6) is 1.57. The Morgan fingerprint density at radius 2 is 1.95 bits per heavy atom. The monoisotopic (exact) mass is 517 g/mol. The van der Waals surface area contributed by atoms with Gasteiger partial charge in [-0.2, -0.15) is 0 Å². The van der Waals surface area contributed by atoms with Crippen molar-refractivity contribution in [2.75, 3.05) is 43.1 Å². The van der Waals surface area contributed by atoms with E-state index in [-0.39, 0.29) is 18.2 Å². The molecule has 2 atom stereocenters. The quantitative estimate of drug-likeness (QED) is 0.463. The summed E-state index contributed by atoms with van der Waals surface area (Å²) in [6, 6.07) is 17.7. The number of hydrogen-bond donors (Lipinski definition) is 2. The van der Waals surface area contributed by atoms with E-state index in [1.54, 1.807) is 0 Å². The van der Waals surface area contributed by atoms with Crippen LogP contribution in [0.15, 0.2) is 54.6 Å². The number of carbonyl (C=O) groups is 1. The fourth-order valence-electron chi connectivity index (χ4n) is 4.75. The Kier molecular flexibility index (Phi) is 8.47. The second-order valence-corrected chi connectivity index (χ2v) is 9.61. The van der Waals surface area contributed by atoms with Gasteiger partial charge in [0, 0.05) is 36.3 Å². The minimum atomic E-state index is -0.227. The van der Waals surface area contributed by atoms with Crippen molar-refractivity contribution in [3.63, 3.8) is 0 Å². The molecular formula is C29H35N5O4. The van der Waals surface area contributed by atoms with Crippen molar-refractivity contribution >= 4 is 17.5 Å². The van der Waals surface area contributed by atoms with Gasteiger partial charge < -0.3 is 29.7 Å². The molecule has 1 unspecified atom stereocenters. The number of aromatic nitrogens is 2. The Bertz CT molecular complexity index is 1220. The minimum Gasteiger partial charge on any atom is -0.377 e. The van der Waals surface area contributed by atoms with Crippen molar-refractivity contribution in [3.05, 3.63) is 71.4 Å². The van der Waals surface area contributed by atoms with Gasteiger partial charge in [-0.05, 0) is 43.7 Å². The first-order valence-electron chi connectivity index (χ1n) is 13.2. The number of ether oxygens (including phenoxy) is 3. The second-order valence-electron chi connectivity index (χ2n) is 9.61. The molecule has 2 aliphatic rings. The van der Waals surface area contributed by atoms with Crippen LogP contribution in [0.25, 0.3) is 11.4 Å². The maximum atomic E-state index is 11.9.